The fourth-order valence-corrected chi connectivity index (χ4v) is 3.23. The molecule has 2 N–H and O–H groups in total. The van der Waals surface area contributed by atoms with Gasteiger partial charge in [0.1, 0.15) is 0 Å². The van der Waals surface area contributed by atoms with Crippen LogP contribution in [0.15, 0.2) is 18.2 Å². The average molecular weight is 358 g/mol. The minimum atomic E-state index is -4.46. The Balaban J connectivity index is 1.87. The van der Waals surface area contributed by atoms with Gasteiger partial charge in [-0.05, 0) is 37.5 Å². The number of hydrogen-bond acceptors (Lipinski definition) is 4. The predicted octanol–water partition coefficient (Wildman–Crippen LogP) is 2.19. The number of ether oxygens (including phenoxy) is 1. The fraction of sp³-hybridized carbons (Fsp3) is 0.588. The Morgan fingerprint density at radius 2 is 2.00 bits per heavy atom. The van der Waals surface area contributed by atoms with Crippen LogP contribution in [0.3, 0.4) is 0 Å². The van der Waals surface area contributed by atoms with Crippen LogP contribution in [-0.2, 0) is 10.9 Å². The lowest BCUT2D eigenvalue weighted by atomic mass is 10.0. The molecule has 2 aliphatic rings. The summed E-state index contributed by atoms with van der Waals surface area (Å²) in [4.78, 5) is 14.4. The summed E-state index contributed by atoms with van der Waals surface area (Å²) in [5.41, 5.74) is -0.296. The van der Waals surface area contributed by atoms with Gasteiger partial charge in [-0.1, -0.05) is 0 Å². The molecule has 2 atom stereocenters. The monoisotopic (exact) mass is 358 g/mol. The van der Waals surface area contributed by atoms with Crippen molar-refractivity contribution in [1.29, 1.82) is 0 Å². The number of carbonyl (C=O) groups is 1. The van der Waals surface area contributed by atoms with Gasteiger partial charge in [0, 0.05) is 19.7 Å². The van der Waals surface area contributed by atoms with E-state index in [9.17, 15) is 23.1 Å². The largest absolute Gasteiger partial charge is 0.416 e. The molecule has 0 spiro atoms. The van der Waals surface area contributed by atoms with Crippen LogP contribution in [0.2, 0.25) is 0 Å². The minimum absolute atomic E-state index is 0.187. The van der Waals surface area contributed by atoms with Gasteiger partial charge < -0.3 is 20.1 Å². The topological polar surface area (TPSA) is 61.8 Å². The number of aliphatic hydroxyl groups excluding tert-OH is 1. The van der Waals surface area contributed by atoms with E-state index in [1.165, 1.54) is 6.07 Å². The number of aliphatic hydroxyl groups is 1. The maximum absolute atomic E-state index is 13.0. The third kappa shape index (κ3) is 4.07. The Kier molecular flexibility index (Phi) is 5.19. The lowest BCUT2D eigenvalue weighted by molar-refractivity contribution is -0.137. The Labute approximate surface area is 143 Å². The highest BCUT2D eigenvalue weighted by Gasteiger charge is 2.33. The second kappa shape index (κ2) is 7.21. The number of benzene rings is 1. The zero-order valence-electron chi connectivity index (χ0n) is 13.7. The van der Waals surface area contributed by atoms with E-state index in [0.29, 0.717) is 26.1 Å². The molecule has 0 saturated carbocycles. The summed E-state index contributed by atoms with van der Waals surface area (Å²) in [6.45, 7) is 1.85. The third-order valence-electron chi connectivity index (χ3n) is 4.65. The number of hydrogen-bond donors (Lipinski definition) is 2. The fourth-order valence-electron chi connectivity index (χ4n) is 3.23. The van der Waals surface area contributed by atoms with Gasteiger partial charge in [-0.15, -0.1) is 0 Å². The number of carbonyl (C=O) groups excluding carboxylic acids is 1. The lowest BCUT2D eigenvalue weighted by Crippen LogP contribution is -2.49. The number of nitrogens with zero attached hydrogens (tertiary/aromatic N) is 1. The van der Waals surface area contributed by atoms with Crippen LogP contribution < -0.4 is 10.2 Å². The van der Waals surface area contributed by atoms with Crippen LogP contribution in [0.5, 0.6) is 0 Å². The molecule has 2 fully saturated rings. The first-order valence-corrected chi connectivity index (χ1v) is 8.39. The van der Waals surface area contributed by atoms with Crippen molar-refractivity contribution in [2.45, 2.75) is 37.6 Å². The van der Waals surface area contributed by atoms with E-state index >= 15 is 0 Å². The zero-order valence-corrected chi connectivity index (χ0v) is 13.7. The third-order valence-corrected chi connectivity index (χ3v) is 4.65. The summed E-state index contributed by atoms with van der Waals surface area (Å²) < 4.78 is 44.4. The van der Waals surface area contributed by atoms with Crippen molar-refractivity contribution >= 4 is 11.6 Å². The second-order valence-corrected chi connectivity index (χ2v) is 6.43. The second-order valence-electron chi connectivity index (χ2n) is 6.43. The van der Waals surface area contributed by atoms with Gasteiger partial charge in [0.15, 0.2) is 0 Å². The molecule has 0 bridgehead atoms. The van der Waals surface area contributed by atoms with Gasteiger partial charge in [-0.25, -0.2) is 0 Å². The van der Waals surface area contributed by atoms with E-state index in [1.54, 1.807) is 4.90 Å². The van der Waals surface area contributed by atoms with Gasteiger partial charge in [0.2, 0.25) is 0 Å². The van der Waals surface area contributed by atoms with E-state index in [-0.39, 0.29) is 17.9 Å². The summed E-state index contributed by atoms with van der Waals surface area (Å²) >= 11 is 0. The number of halogens is 3. The maximum Gasteiger partial charge on any atom is 0.416 e. The standard InChI is InChI=1S/C17H21F3N2O3/c18-17(19,20)11-3-4-12(14(9-11)22-6-1-2-7-22)16(24)21-13-10-25-8-5-15(13)23/h3-4,9,13,15,23H,1-2,5-8,10H2,(H,21,24)/t13-,15-/m0/s1. The predicted molar refractivity (Wildman–Crippen MR) is 85.6 cm³/mol. The van der Waals surface area contributed by atoms with Crippen LogP contribution >= 0.6 is 0 Å². The van der Waals surface area contributed by atoms with Gasteiger partial charge >= 0.3 is 6.18 Å². The van der Waals surface area contributed by atoms with Gasteiger partial charge in [-0.2, -0.15) is 13.2 Å². The number of rotatable bonds is 3. The number of alkyl halides is 3. The van der Waals surface area contributed by atoms with Crippen LogP contribution in [0.4, 0.5) is 18.9 Å². The minimum Gasteiger partial charge on any atom is -0.391 e. The van der Waals surface area contributed by atoms with Gasteiger partial charge in [-0.3, -0.25) is 4.79 Å². The Morgan fingerprint density at radius 1 is 1.28 bits per heavy atom. The molecule has 25 heavy (non-hydrogen) atoms. The van der Waals surface area contributed by atoms with Crippen LogP contribution in [0.25, 0.3) is 0 Å². The van der Waals surface area contributed by atoms with Crippen molar-refractivity contribution in [3.63, 3.8) is 0 Å². The first-order chi connectivity index (χ1) is 11.9. The molecular formula is C17H21F3N2O3. The Bertz CT molecular complexity index is 630. The highest BCUT2D eigenvalue weighted by molar-refractivity contribution is 6.00. The normalized spacial score (nSPS) is 24.4. The van der Waals surface area contributed by atoms with E-state index in [4.69, 9.17) is 4.74 Å². The van der Waals surface area contributed by atoms with Gasteiger partial charge in [0.25, 0.3) is 5.91 Å². The van der Waals surface area contributed by atoms with Crippen molar-refractivity contribution in [2.75, 3.05) is 31.2 Å². The summed E-state index contributed by atoms with van der Waals surface area (Å²) in [6.07, 6.45) is -3.00. The van der Waals surface area contributed by atoms with Crippen molar-refractivity contribution in [1.82, 2.24) is 5.32 Å². The molecule has 2 aliphatic heterocycles. The van der Waals surface area contributed by atoms with Crippen molar-refractivity contribution < 1.29 is 27.8 Å². The van der Waals surface area contributed by atoms with Crippen LogP contribution in [0.1, 0.15) is 35.2 Å². The smallest absolute Gasteiger partial charge is 0.391 e. The highest BCUT2D eigenvalue weighted by Crippen LogP contribution is 2.34. The molecule has 2 heterocycles. The molecule has 138 valence electrons. The highest BCUT2D eigenvalue weighted by atomic mass is 19.4. The van der Waals surface area contributed by atoms with Crippen LogP contribution in [-0.4, -0.2) is 49.5 Å². The molecule has 5 nitrogen and oxygen atoms in total. The molecule has 3 rings (SSSR count). The molecule has 1 aromatic carbocycles. The van der Waals surface area contributed by atoms with E-state index in [1.807, 2.05) is 0 Å². The summed E-state index contributed by atoms with van der Waals surface area (Å²) in [5, 5.41) is 12.6. The first kappa shape index (κ1) is 18.0. The van der Waals surface area contributed by atoms with Crippen molar-refractivity contribution in [2.24, 2.45) is 0 Å². The lowest BCUT2D eigenvalue weighted by Gasteiger charge is -2.29. The Morgan fingerprint density at radius 3 is 2.64 bits per heavy atom. The molecule has 0 aromatic heterocycles. The quantitative estimate of drug-likeness (QED) is 0.870. The average Bonchev–Trinajstić information content (AvgIpc) is 3.10. The Hall–Kier alpha value is -1.80. The summed E-state index contributed by atoms with van der Waals surface area (Å²) in [6, 6.07) is 2.60. The number of nitrogens with one attached hydrogen (secondary N) is 1. The first-order valence-electron chi connectivity index (χ1n) is 8.39. The maximum atomic E-state index is 13.0. The molecule has 8 heteroatoms. The molecule has 0 radical (unpaired) electrons. The van der Waals surface area contributed by atoms with Crippen molar-refractivity contribution in [3.05, 3.63) is 29.3 Å². The van der Waals surface area contributed by atoms with E-state index < -0.39 is 29.8 Å². The summed E-state index contributed by atoms with van der Waals surface area (Å²) in [7, 11) is 0. The van der Waals surface area contributed by atoms with Crippen LogP contribution in [0, 0.1) is 0 Å². The summed E-state index contributed by atoms with van der Waals surface area (Å²) in [5.74, 6) is -0.495. The SMILES string of the molecule is O=C(N[C@H]1COCC[C@@H]1O)c1ccc(C(F)(F)F)cc1N1CCCC1. The molecule has 1 amide bonds. The molecule has 1 aromatic rings. The van der Waals surface area contributed by atoms with Gasteiger partial charge in [0.05, 0.1) is 35.6 Å². The molecule has 0 aliphatic carbocycles. The zero-order chi connectivity index (χ0) is 18.0. The van der Waals surface area contributed by atoms with E-state index in [0.717, 1.165) is 25.0 Å². The number of anilines is 1. The van der Waals surface area contributed by atoms with E-state index in [2.05, 4.69) is 5.32 Å². The molecule has 0 unspecified atom stereocenters. The molecule has 2 saturated heterocycles. The van der Waals surface area contributed by atoms with Crippen molar-refractivity contribution in [3.8, 4) is 0 Å². The molecular weight excluding hydrogens is 337 g/mol. The number of amides is 1.